The minimum absolute atomic E-state index is 0.0636. The molecule has 1 aliphatic rings. The number of hydrogen-bond donors (Lipinski definition) is 2. The molecule has 3 amide bonds. The van der Waals surface area contributed by atoms with E-state index in [-0.39, 0.29) is 35.8 Å². The van der Waals surface area contributed by atoms with Crippen LogP contribution in [0.4, 0.5) is 10.5 Å². The molecule has 0 saturated carbocycles. The highest BCUT2D eigenvalue weighted by Crippen LogP contribution is 2.30. The summed E-state index contributed by atoms with van der Waals surface area (Å²) in [4.78, 5) is 38.0. The Morgan fingerprint density at radius 1 is 1.10 bits per heavy atom. The number of carbonyl (C=O) groups is 3. The van der Waals surface area contributed by atoms with E-state index in [1.165, 1.54) is 12.1 Å². The summed E-state index contributed by atoms with van der Waals surface area (Å²) in [5.41, 5.74) is 1.50. The van der Waals surface area contributed by atoms with Gasteiger partial charge in [0.1, 0.15) is 5.75 Å². The van der Waals surface area contributed by atoms with Gasteiger partial charge < -0.3 is 10.4 Å². The first kappa shape index (κ1) is 20.4. The van der Waals surface area contributed by atoms with Crippen LogP contribution in [0, 0.1) is 0 Å². The molecule has 0 bridgehead atoms. The van der Waals surface area contributed by atoms with Gasteiger partial charge in [0.05, 0.1) is 4.91 Å². The molecule has 6 nitrogen and oxygen atoms in total. The van der Waals surface area contributed by atoms with E-state index in [1.54, 1.807) is 24.3 Å². The Morgan fingerprint density at radius 2 is 1.90 bits per heavy atom. The Labute approximate surface area is 172 Å². The number of allylic oxidation sites excluding steroid dienone is 2. The molecule has 0 aromatic heterocycles. The highest BCUT2D eigenvalue weighted by atomic mass is 32.2. The Kier molecular flexibility index (Phi) is 6.86. The van der Waals surface area contributed by atoms with Crippen molar-refractivity contribution in [3.8, 4) is 5.75 Å². The van der Waals surface area contributed by atoms with E-state index in [4.69, 9.17) is 0 Å². The van der Waals surface area contributed by atoms with Crippen LogP contribution < -0.4 is 5.32 Å². The fourth-order valence-electron chi connectivity index (χ4n) is 2.72. The van der Waals surface area contributed by atoms with Gasteiger partial charge in [0.25, 0.3) is 11.1 Å². The molecule has 7 heteroatoms. The number of thioether (sulfide) groups is 1. The summed E-state index contributed by atoms with van der Waals surface area (Å²) in [6, 6.07) is 15.9. The third kappa shape index (κ3) is 5.83. The summed E-state index contributed by atoms with van der Waals surface area (Å²) in [7, 11) is 0. The van der Waals surface area contributed by atoms with Gasteiger partial charge in [-0.05, 0) is 42.0 Å². The summed E-state index contributed by atoms with van der Waals surface area (Å²) in [6.45, 7) is 0.178. The number of aromatic hydroxyl groups is 1. The van der Waals surface area contributed by atoms with E-state index in [0.29, 0.717) is 17.0 Å². The van der Waals surface area contributed by atoms with Gasteiger partial charge in [0.15, 0.2) is 0 Å². The van der Waals surface area contributed by atoms with E-state index in [0.717, 1.165) is 22.2 Å². The van der Waals surface area contributed by atoms with Gasteiger partial charge in [-0.3, -0.25) is 19.3 Å². The van der Waals surface area contributed by atoms with Crippen molar-refractivity contribution in [2.75, 3.05) is 11.9 Å². The van der Waals surface area contributed by atoms with Gasteiger partial charge in [-0.2, -0.15) is 0 Å². The number of carbonyl (C=O) groups excluding carboxylic acids is 3. The van der Waals surface area contributed by atoms with Gasteiger partial charge in [-0.1, -0.05) is 48.6 Å². The predicted molar refractivity (Wildman–Crippen MR) is 114 cm³/mol. The second-order valence-electron chi connectivity index (χ2n) is 6.33. The van der Waals surface area contributed by atoms with E-state index < -0.39 is 0 Å². The molecule has 1 aliphatic heterocycles. The maximum Gasteiger partial charge on any atom is 0.293 e. The van der Waals surface area contributed by atoms with Crippen molar-refractivity contribution >= 4 is 40.6 Å². The molecule has 0 spiro atoms. The molecule has 2 aromatic rings. The van der Waals surface area contributed by atoms with Crippen molar-refractivity contribution in [1.82, 2.24) is 4.90 Å². The lowest BCUT2D eigenvalue weighted by Crippen LogP contribution is -2.29. The lowest BCUT2D eigenvalue weighted by molar-refractivity contribution is -0.123. The molecule has 0 unspecified atom stereocenters. The minimum atomic E-state index is -0.342. The fourth-order valence-corrected chi connectivity index (χ4v) is 3.54. The number of nitrogens with zero attached hydrogens (tertiary/aromatic N) is 1. The topological polar surface area (TPSA) is 86.7 Å². The number of anilines is 1. The first-order valence-corrected chi connectivity index (χ1v) is 9.90. The van der Waals surface area contributed by atoms with Crippen LogP contribution >= 0.6 is 11.8 Å². The molecule has 148 valence electrons. The summed E-state index contributed by atoms with van der Waals surface area (Å²) >= 11 is 0.899. The Balaban J connectivity index is 1.49. The van der Waals surface area contributed by atoms with Crippen molar-refractivity contribution < 1.29 is 19.5 Å². The number of imide groups is 1. The van der Waals surface area contributed by atoms with Crippen molar-refractivity contribution in [3.63, 3.8) is 0 Å². The van der Waals surface area contributed by atoms with Crippen LogP contribution in [0.1, 0.15) is 18.4 Å². The number of amides is 3. The van der Waals surface area contributed by atoms with E-state index in [2.05, 4.69) is 5.32 Å². The highest BCUT2D eigenvalue weighted by Gasteiger charge is 2.34. The molecule has 0 aliphatic carbocycles. The molecule has 1 saturated heterocycles. The van der Waals surface area contributed by atoms with E-state index in [9.17, 15) is 19.5 Å². The molecule has 0 atom stereocenters. The Hall–Kier alpha value is -3.32. The third-order valence-electron chi connectivity index (χ3n) is 4.12. The van der Waals surface area contributed by atoms with Crippen molar-refractivity contribution in [2.45, 2.75) is 12.8 Å². The average Bonchev–Trinajstić information content (AvgIpc) is 2.96. The molecule has 3 rings (SSSR count). The molecule has 29 heavy (non-hydrogen) atoms. The standard InChI is InChI=1S/C22H20N2O4S/c25-18-11-5-10-17(15-18)23-20(26)13-6-14-24-21(27)19(29-22(24)28)12-4-9-16-7-2-1-3-8-16/h1-5,7-12,15,25H,6,13-14H2,(H,23,26)/b9-4+,19-12-. The SMILES string of the molecule is O=C(CCCN1C(=O)S/C(=C\C=C\c2ccccc2)C1=O)Nc1cccc(O)c1. The molecule has 1 heterocycles. The van der Waals surface area contributed by atoms with E-state index in [1.807, 2.05) is 36.4 Å². The van der Waals surface area contributed by atoms with Crippen LogP contribution in [0.5, 0.6) is 5.75 Å². The number of hydrogen-bond acceptors (Lipinski definition) is 5. The largest absolute Gasteiger partial charge is 0.508 e. The zero-order valence-electron chi connectivity index (χ0n) is 15.6. The zero-order chi connectivity index (χ0) is 20.6. The Bertz CT molecular complexity index is 970. The lowest BCUT2D eigenvalue weighted by Gasteiger charge is -2.12. The van der Waals surface area contributed by atoms with Crippen LogP contribution in [-0.4, -0.2) is 33.6 Å². The van der Waals surface area contributed by atoms with Crippen LogP contribution in [-0.2, 0) is 9.59 Å². The minimum Gasteiger partial charge on any atom is -0.508 e. The predicted octanol–water partition coefficient (Wildman–Crippen LogP) is 4.40. The summed E-state index contributed by atoms with van der Waals surface area (Å²) in [5, 5.41) is 11.7. The second kappa shape index (κ2) is 9.75. The van der Waals surface area contributed by atoms with Gasteiger partial charge >= 0.3 is 0 Å². The van der Waals surface area contributed by atoms with Crippen LogP contribution in [0.3, 0.4) is 0 Å². The normalized spacial score (nSPS) is 15.4. The monoisotopic (exact) mass is 408 g/mol. The second-order valence-corrected chi connectivity index (χ2v) is 7.32. The molecule has 1 fully saturated rings. The molecular weight excluding hydrogens is 388 g/mol. The quantitative estimate of drug-likeness (QED) is 0.663. The van der Waals surface area contributed by atoms with Gasteiger partial charge in [-0.25, -0.2) is 0 Å². The smallest absolute Gasteiger partial charge is 0.293 e. The first-order valence-electron chi connectivity index (χ1n) is 9.09. The van der Waals surface area contributed by atoms with Gasteiger partial charge in [0.2, 0.25) is 5.91 Å². The van der Waals surface area contributed by atoms with Crippen molar-refractivity contribution in [2.24, 2.45) is 0 Å². The summed E-state index contributed by atoms with van der Waals surface area (Å²) in [6.07, 6.45) is 5.75. The number of nitrogens with one attached hydrogen (secondary N) is 1. The van der Waals surface area contributed by atoms with Crippen LogP contribution in [0.25, 0.3) is 6.08 Å². The van der Waals surface area contributed by atoms with Gasteiger partial charge in [0, 0.05) is 24.7 Å². The van der Waals surface area contributed by atoms with Crippen LogP contribution in [0.2, 0.25) is 0 Å². The average molecular weight is 408 g/mol. The zero-order valence-corrected chi connectivity index (χ0v) is 16.4. The van der Waals surface area contributed by atoms with Crippen molar-refractivity contribution in [1.29, 1.82) is 0 Å². The number of benzene rings is 2. The molecular formula is C22H20N2O4S. The Morgan fingerprint density at radius 3 is 2.66 bits per heavy atom. The van der Waals surface area contributed by atoms with Gasteiger partial charge in [-0.15, -0.1) is 0 Å². The highest BCUT2D eigenvalue weighted by molar-refractivity contribution is 8.18. The molecule has 0 radical (unpaired) electrons. The van der Waals surface area contributed by atoms with Crippen molar-refractivity contribution in [3.05, 3.63) is 77.2 Å². The first-order chi connectivity index (χ1) is 14.0. The number of rotatable bonds is 7. The maximum absolute atomic E-state index is 12.4. The summed E-state index contributed by atoms with van der Waals surface area (Å²) < 4.78 is 0. The van der Waals surface area contributed by atoms with E-state index >= 15 is 0 Å². The number of phenolic OH excluding ortho intramolecular Hbond substituents is 1. The van der Waals surface area contributed by atoms with Crippen LogP contribution in [0.15, 0.2) is 71.7 Å². The fraction of sp³-hybridized carbons (Fsp3) is 0.136. The molecule has 2 aromatic carbocycles. The lowest BCUT2D eigenvalue weighted by atomic mass is 10.2. The maximum atomic E-state index is 12.4. The number of phenols is 1. The third-order valence-corrected chi connectivity index (χ3v) is 5.05. The summed E-state index contributed by atoms with van der Waals surface area (Å²) in [5.74, 6) is -0.524. The molecule has 2 N–H and O–H groups in total.